The number of piperazine rings is 1. The summed E-state index contributed by atoms with van der Waals surface area (Å²) in [4.78, 5) is 4.88. The fourth-order valence-electron chi connectivity index (χ4n) is 2.87. The Morgan fingerprint density at radius 2 is 1.78 bits per heavy atom. The summed E-state index contributed by atoms with van der Waals surface area (Å²) in [5.74, 6) is 0.791. The lowest BCUT2D eigenvalue weighted by Crippen LogP contribution is -2.44. The summed E-state index contributed by atoms with van der Waals surface area (Å²) in [6, 6.07) is 12.2. The standard InChI is InChI=1S/C18H23ClN2O.ClH/c1-20-10-12-21(13-11-20)9-4-14-22-17-8-7-15-5-2-3-6-16(15)18(17)19;/h2-3,5-8H,4,9-14H2,1H3;1H. The first-order valence-corrected chi connectivity index (χ1v) is 8.33. The first-order valence-electron chi connectivity index (χ1n) is 7.95. The molecule has 1 fully saturated rings. The van der Waals surface area contributed by atoms with E-state index in [1.807, 2.05) is 24.3 Å². The van der Waals surface area contributed by atoms with E-state index in [-0.39, 0.29) is 12.4 Å². The number of rotatable bonds is 5. The first kappa shape index (κ1) is 18.3. The number of nitrogens with zero attached hydrogens (tertiary/aromatic N) is 2. The maximum absolute atomic E-state index is 6.44. The van der Waals surface area contributed by atoms with Gasteiger partial charge in [-0.15, -0.1) is 12.4 Å². The van der Waals surface area contributed by atoms with E-state index >= 15 is 0 Å². The average molecular weight is 355 g/mol. The summed E-state index contributed by atoms with van der Waals surface area (Å²) in [5.41, 5.74) is 0. The quantitative estimate of drug-likeness (QED) is 0.756. The van der Waals surface area contributed by atoms with Crippen LogP contribution in [-0.2, 0) is 0 Å². The summed E-state index contributed by atoms with van der Waals surface area (Å²) < 4.78 is 5.89. The highest BCUT2D eigenvalue weighted by Crippen LogP contribution is 2.32. The van der Waals surface area contributed by atoms with Crippen molar-refractivity contribution in [1.29, 1.82) is 0 Å². The average Bonchev–Trinajstić information content (AvgIpc) is 2.55. The predicted octanol–water partition coefficient (Wildman–Crippen LogP) is 3.93. The number of fused-ring (bicyclic) bond motifs is 1. The molecule has 5 heteroatoms. The monoisotopic (exact) mass is 354 g/mol. The molecule has 0 amide bonds. The van der Waals surface area contributed by atoms with Crippen molar-refractivity contribution in [2.45, 2.75) is 6.42 Å². The summed E-state index contributed by atoms with van der Waals surface area (Å²) >= 11 is 6.44. The topological polar surface area (TPSA) is 15.7 Å². The van der Waals surface area contributed by atoms with Crippen LogP contribution in [0, 0.1) is 0 Å². The van der Waals surface area contributed by atoms with Crippen molar-refractivity contribution in [2.24, 2.45) is 0 Å². The van der Waals surface area contributed by atoms with Gasteiger partial charge in [-0.1, -0.05) is 41.9 Å². The zero-order valence-electron chi connectivity index (χ0n) is 13.5. The van der Waals surface area contributed by atoms with Crippen LogP contribution in [0.5, 0.6) is 5.75 Å². The van der Waals surface area contributed by atoms with Crippen molar-refractivity contribution in [3.8, 4) is 5.75 Å². The van der Waals surface area contributed by atoms with Gasteiger partial charge in [0, 0.05) is 38.1 Å². The third-order valence-corrected chi connectivity index (χ3v) is 4.69. The Kier molecular flexibility index (Phi) is 6.97. The Balaban J connectivity index is 0.00000192. The highest BCUT2D eigenvalue weighted by Gasteiger charge is 2.13. The molecule has 3 nitrogen and oxygen atoms in total. The number of benzene rings is 2. The number of ether oxygens (including phenoxy) is 1. The van der Waals surface area contributed by atoms with Gasteiger partial charge in [-0.25, -0.2) is 0 Å². The summed E-state index contributed by atoms with van der Waals surface area (Å²) in [5, 5.41) is 2.93. The van der Waals surface area contributed by atoms with Crippen LogP contribution in [-0.4, -0.2) is 56.2 Å². The molecule has 0 spiro atoms. The van der Waals surface area contributed by atoms with Crippen LogP contribution in [0.15, 0.2) is 36.4 Å². The Hall–Kier alpha value is -1.000. The molecule has 0 N–H and O–H groups in total. The van der Waals surface area contributed by atoms with Gasteiger partial charge in [0.25, 0.3) is 0 Å². The van der Waals surface area contributed by atoms with E-state index in [9.17, 15) is 0 Å². The van der Waals surface area contributed by atoms with Gasteiger partial charge < -0.3 is 14.5 Å². The van der Waals surface area contributed by atoms with Gasteiger partial charge in [0.2, 0.25) is 0 Å². The number of hydrogen-bond acceptors (Lipinski definition) is 3. The van der Waals surface area contributed by atoms with E-state index < -0.39 is 0 Å². The molecule has 0 aromatic heterocycles. The van der Waals surface area contributed by atoms with Crippen LogP contribution in [0.3, 0.4) is 0 Å². The van der Waals surface area contributed by atoms with Crippen LogP contribution in [0.2, 0.25) is 5.02 Å². The second-order valence-corrected chi connectivity index (χ2v) is 6.32. The fraction of sp³-hybridized carbons (Fsp3) is 0.444. The zero-order valence-corrected chi connectivity index (χ0v) is 15.1. The van der Waals surface area contributed by atoms with E-state index in [0.29, 0.717) is 6.61 Å². The van der Waals surface area contributed by atoms with Crippen molar-refractivity contribution in [2.75, 3.05) is 46.4 Å². The van der Waals surface area contributed by atoms with Crippen molar-refractivity contribution in [1.82, 2.24) is 9.80 Å². The second-order valence-electron chi connectivity index (χ2n) is 5.95. The molecule has 0 bridgehead atoms. The molecule has 1 saturated heterocycles. The minimum atomic E-state index is 0. The van der Waals surface area contributed by atoms with E-state index in [1.54, 1.807) is 0 Å². The maximum Gasteiger partial charge on any atom is 0.138 e. The highest BCUT2D eigenvalue weighted by atomic mass is 35.5. The zero-order chi connectivity index (χ0) is 15.4. The smallest absolute Gasteiger partial charge is 0.138 e. The van der Waals surface area contributed by atoms with Gasteiger partial charge >= 0.3 is 0 Å². The minimum absolute atomic E-state index is 0. The molecule has 0 unspecified atom stereocenters. The molecule has 0 atom stereocenters. The molecule has 0 aliphatic carbocycles. The van der Waals surface area contributed by atoms with Crippen LogP contribution in [0.25, 0.3) is 10.8 Å². The molecule has 1 heterocycles. The van der Waals surface area contributed by atoms with Gasteiger partial charge in [0.15, 0.2) is 0 Å². The number of hydrogen-bond donors (Lipinski definition) is 0. The lowest BCUT2D eigenvalue weighted by Gasteiger charge is -2.32. The molecule has 3 rings (SSSR count). The van der Waals surface area contributed by atoms with Crippen LogP contribution >= 0.6 is 24.0 Å². The third kappa shape index (κ3) is 4.74. The normalized spacial score (nSPS) is 16.3. The van der Waals surface area contributed by atoms with Crippen molar-refractivity contribution in [3.05, 3.63) is 41.4 Å². The second kappa shape index (κ2) is 8.74. The molecule has 1 aliphatic heterocycles. The molecular weight excluding hydrogens is 331 g/mol. The van der Waals surface area contributed by atoms with Gasteiger partial charge in [-0.05, 0) is 24.9 Å². The number of halogens is 2. The van der Waals surface area contributed by atoms with Crippen LogP contribution in [0.1, 0.15) is 6.42 Å². The van der Waals surface area contributed by atoms with E-state index in [2.05, 4.69) is 29.0 Å². The lowest BCUT2D eigenvalue weighted by molar-refractivity contribution is 0.145. The van der Waals surface area contributed by atoms with Gasteiger partial charge in [-0.2, -0.15) is 0 Å². The molecule has 23 heavy (non-hydrogen) atoms. The molecular formula is C18H24Cl2N2O. The largest absolute Gasteiger partial charge is 0.492 e. The van der Waals surface area contributed by atoms with E-state index in [0.717, 1.165) is 60.7 Å². The summed E-state index contributed by atoms with van der Waals surface area (Å²) in [7, 11) is 2.18. The highest BCUT2D eigenvalue weighted by molar-refractivity contribution is 6.37. The number of likely N-dealkylation sites (N-methyl/N-ethyl adjacent to an activating group) is 1. The van der Waals surface area contributed by atoms with Crippen molar-refractivity contribution in [3.63, 3.8) is 0 Å². The Labute approximate surface area is 149 Å². The lowest BCUT2D eigenvalue weighted by atomic mass is 10.1. The summed E-state index contributed by atoms with van der Waals surface area (Å²) in [6.45, 7) is 6.46. The van der Waals surface area contributed by atoms with Crippen LogP contribution < -0.4 is 4.74 Å². The van der Waals surface area contributed by atoms with E-state index in [1.165, 1.54) is 0 Å². The molecule has 1 aliphatic rings. The molecule has 0 saturated carbocycles. The fourth-order valence-corrected chi connectivity index (χ4v) is 3.16. The van der Waals surface area contributed by atoms with Gasteiger partial charge in [0.05, 0.1) is 11.6 Å². The molecule has 126 valence electrons. The Morgan fingerprint density at radius 3 is 2.57 bits per heavy atom. The Morgan fingerprint density at radius 1 is 1.04 bits per heavy atom. The summed E-state index contributed by atoms with van der Waals surface area (Å²) in [6.07, 6.45) is 1.03. The van der Waals surface area contributed by atoms with Gasteiger partial charge in [0.1, 0.15) is 5.75 Å². The van der Waals surface area contributed by atoms with Crippen LogP contribution in [0.4, 0.5) is 0 Å². The SMILES string of the molecule is CN1CCN(CCCOc2ccc3ccccc3c2Cl)CC1.Cl. The predicted molar refractivity (Wildman–Crippen MR) is 100 cm³/mol. The minimum Gasteiger partial charge on any atom is -0.492 e. The first-order chi connectivity index (χ1) is 10.7. The van der Waals surface area contributed by atoms with Crippen molar-refractivity contribution >= 4 is 34.8 Å². The molecule has 2 aromatic rings. The molecule has 0 radical (unpaired) electrons. The maximum atomic E-state index is 6.44. The molecule has 2 aromatic carbocycles. The van der Waals surface area contributed by atoms with Gasteiger partial charge in [-0.3, -0.25) is 0 Å². The van der Waals surface area contributed by atoms with Crippen molar-refractivity contribution < 1.29 is 4.74 Å². The Bertz CT molecular complexity index is 627. The van der Waals surface area contributed by atoms with E-state index in [4.69, 9.17) is 16.3 Å². The third-order valence-electron chi connectivity index (χ3n) is 4.30.